The van der Waals surface area contributed by atoms with Gasteiger partial charge in [0, 0.05) is 0 Å². The highest BCUT2D eigenvalue weighted by Crippen LogP contribution is 2.25. The van der Waals surface area contributed by atoms with Crippen molar-refractivity contribution in [1.29, 1.82) is 0 Å². The first kappa shape index (κ1) is 13.6. The molecular weight excluding hydrogens is 171 g/mol. The molecule has 0 spiro atoms. The van der Waals surface area contributed by atoms with Crippen LogP contribution in [0.3, 0.4) is 0 Å². The van der Waals surface area contributed by atoms with Crippen LogP contribution in [0.4, 0.5) is 0 Å². The molecule has 0 aromatic heterocycles. The minimum Gasteiger partial charge on any atom is -0.316 e. The fourth-order valence-electron chi connectivity index (χ4n) is 0.333. The van der Waals surface area contributed by atoms with Crippen LogP contribution in [0.25, 0.3) is 0 Å². The molecule has 6 nitrogen and oxygen atoms in total. The molecule has 0 unspecified atom stereocenters. The quantitative estimate of drug-likeness (QED) is 0.280. The monoisotopic (exact) mass is 186 g/mol. The summed E-state index contributed by atoms with van der Waals surface area (Å²) in [6.07, 6.45) is 1.91. The van der Waals surface area contributed by atoms with Crippen LogP contribution in [-0.4, -0.2) is 20.8 Å². The molecule has 0 bridgehead atoms. The average molecular weight is 186 g/mol. The third kappa shape index (κ3) is 70.4. The van der Waals surface area contributed by atoms with Crippen molar-refractivity contribution in [3.63, 3.8) is 0 Å². The molecule has 70 valence electrons. The number of rotatable bonds is 2. The lowest BCUT2D eigenvalue weighted by Gasteiger charge is -1.97. The SMILES string of the molecule is CCCC(N)N.O=P(O)(O)O. The summed E-state index contributed by atoms with van der Waals surface area (Å²) < 4.78 is 8.88. The number of hydrogen-bond donors (Lipinski definition) is 5. The normalized spacial score (nSPS) is 10.8. The van der Waals surface area contributed by atoms with Gasteiger partial charge < -0.3 is 26.1 Å². The molecule has 0 aromatic carbocycles. The van der Waals surface area contributed by atoms with Crippen molar-refractivity contribution in [1.82, 2.24) is 0 Å². The van der Waals surface area contributed by atoms with Gasteiger partial charge in [0.05, 0.1) is 6.17 Å². The third-order valence-electron chi connectivity index (χ3n) is 0.622. The lowest BCUT2D eigenvalue weighted by molar-refractivity contribution is 0.275. The van der Waals surface area contributed by atoms with Gasteiger partial charge in [0.25, 0.3) is 0 Å². The Labute approximate surface area is 65.5 Å². The van der Waals surface area contributed by atoms with Crippen molar-refractivity contribution >= 4 is 7.82 Å². The molecule has 0 aliphatic rings. The molecule has 0 amide bonds. The predicted molar refractivity (Wildman–Crippen MR) is 41.3 cm³/mol. The Balaban J connectivity index is 0. The molecule has 0 rings (SSSR count). The lowest BCUT2D eigenvalue weighted by atomic mass is 10.3. The van der Waals surface area contributed by atoms with Crippen molar-refractivity contribution in [3.05, 3.63) is 0 Å². The van der Waals surface area contributed by atoms with Gasteiger partial charge in [-0.1, -0.05) is 13.3 Å². The zero-order valence-corrected chi connectivity index (χ0v) is 7.24. The Morgan fingerprint density at radius 2 is 1.64 bits per heavy atom. The molecule has 0 aliphatic carbocycles. The summed E-state index contributed by atoms with van der Waals surface area (Å²) in [6, 6.07) is 0. The van der Waals surface area contributed by atoms with E-state index in [-0.39, 0.29) is 6.17 Å². The van der Waals surface area contributed by atoms with Gasteiger partial charge in [0.15, 0.2) is 0 Å². The van der Waals surface area contributed by atoms with Gasteiger partial charge in [-0.3, -0.25) is 0 Å². The van der Waals surface area contributed by atoms with E-state index in [1.165, 1.54) is 0 Å². The molecule has 0 aliphatic heterocycles. The number of hydrogen-bond acceptors (Lipinski definition) is 3. The van der Waals surface area contributed by atoms with E-state index in [9.17, 15) is 0 Å². The summed E-state index contributed by atoms with van der Waals surface area (Å²) in [4.78, 5) is 21.6. The highest BCUT2D eigenvalue weighted by Gasteiger charge is 2.00. The standard InChI is InChI=1S/C4H12N2.H3O4P/c1-2-3-4(5)6;1-5(2,3)4/h4H,2-3,5-6H2,1H3;(H3,1,2,3,4). The summed E-state index contributed by atoms with van der Waals surface area (Å²) in [5.74, 6) is 0. The largest absolute Gasteiger partial charge is 0.466 e. The lowest BCUT2D eigenvalue weighted by Crippen LogP contribution is -2.29. The number of phosphoric acid groups is 1. The maximum absolute atomic E-state index is 8.88. The Kier molecular flexibility index (Phi) is 8.32. The molecular formula is C4H15N2O4P. The second-order valence-corrected chi connectivity index (χ2v) is 2.99. The maximum Gasteiger partial charge on any atom is 0.466 e. The Morgan fingerprint density at radius 3 is 1.64 bits per heavy atom. The van der Waals surface area contributed by atoms with Gasteiger partial charge in [-0.25, -0.2) is 4.57 Å². The first-order valence-corrected chi connectivity index (χ1v) is 4.63. The van der Waals surface area contributed by atoms with E-state index in [1.807, 2.05) is 0 Å². The molecule has 0 aromatic rings. The minimum absolute atomic E-state index is 0.102. The van der Waals surface area contributed by atoms with Crippen molar-refractivity contribution in [2.45, 2.75) is 25.9 Å². The first-order chi connectivity index (χ1) is 4.77. The van der Waals surface area contributed by atoms with Gasteiger partial charge >= 0.3 is 7.82 Å². The van der Waals surface area contributed by atoms with E-state index >= 15 is 0 Å². The summed E-state index contributed by atoms with van der Waals surface area (Å²) >= 11 is 0. The minimum atomic E-state index is -4.64. The topological polar surface area (TPSA) is 130 Å². The Morgan fingerprint density at radius 1 is 1.36 bits per heavy atom. The molecule has 0 saturated heterocycles. The van der Waals surface area contributed by atoms with Crippen LogP contribution < -0.4 is 11.5 Å². The van der Waals surface area contributed by atoms with Gasteiger partial charge in [-0.2, -0.15) is 0 Å². The summed E-state index contributed by atoms with van der Waals surface area (Å²) in [5, 5.41) is 0. The first-order valence-electron chi connectivity index (χ1n) is 3.06. The van der Waals surface area contributed by atoms with Crippen LogP contribution >= 0.6 is 7.82 Å². The van der Waals surface area contributed by atoms with Crippen molar-refractivity contribution in [3.8, 4) is 0 Å². The van der Waals surface area contributed by atoms with E-state index in [1.54, 1.807) is 0 Å². The van der Waals surface area contributed by atoms with Crippen LogP contribution in [0.2, 0.25) is 0 Å². The van der Waals surface area contributed by atoms with Crippen LogP contribution in [0.5, 0.6) is 0 Å². The van der Waals surface area contributed by atoms with E-state index in [4.69, 9.17) is 30.7 Å². The Bertz CT molecular complexity index is 115. The average Bonchev–Trinajstić information content (AvgIpc) is 1.58. The fourth-order valence-corrected chi connectivity index (χ4v) is 0.333. The van der Waals surface area contributed by atoms with Gasteiger partial charge in [0.2, 0.25) is 0 Å². The van der Waals surface area contributed by atoms with Crippen LogP contribution in [-0.2, 0) is 4.57 Å². The van der Waals surface area contributed by atoms with Gasteiger partial charge in [-0.15, -0.1) is 0 Å². The van der Waals surface area contributed by atoms with Crippen molar-refractivity contribution < 1.29 is 19.2 Å². The highest BCUT2D eigenvalue weighted by atomic mass is 31.2. The molecule has 11 heavy (non-hydrogen) atoms. The predicted octanol–water partition coefficient (Wildman–Crippen LogP) is -0.899. The highest BCUT2D eigenvalue weighted by molar-refractivity contribution is 7.45. The molecule has 0 atom stereocenters. The molecule has 0 fully saturated rings. The van der Waals surface area contributed by atoms with E-state index < -0.39 is 7.82 Å². The van der Waals surface area contributed by atoms with Crippen molar-refractivity contribution in [2.75, 3.05) is 0 Å². The fraction of sp³-hybridized carbons (Fsp3) is 1.00. The van der Waals surface area contributed by atoms with Crippen LogP contribution in [0, 0.1) is 0 Å². The van der Waals surface area contributed by atoms with E-state index in [0.717, 1.165) is 12.8 Å². The van der Waals surface area contributed by atoms with E-state index in [2.05, 4.69) is 6.92 Å². The summed E-state index contributed by atoms with van der Waals surface area (Å²) in [6.45, 7) is 2.06. The summed E-state index contributed by atoms with van der Waals surface area (Å²) in [5.41, 5.74) is 10.4. The molecule has 0 radical (unpaired) electrons. The van der Waals surface area contributed by atoms with Gasteiger partial charge in [-0.05, 0) is 6.42 Å². The second kappa shape index (κ2) is 6.72. The molecule has 7 N–H and O–H groups in total. The zero-order valence-electron chi connectivity index (χ0n) is 6.34. The third-order valence-corrected chi connectivity index (χ3v) is 0.622. The second-order valence-electron chi connectivity index (χ2n) is 1.97. The zero-order chi connectivity index (χ0) is 9.49. The summed E-state index contributed by atoms with van der Waals surface area (Å²) in [7, 11) is -4.64. The molecule has 0 heterocycles. The maximum atomic E-state index is 8.88. The molecule has 7 heteroatoms. The van der Waals surface area contributed by atoms with Crippen LogP contribution in [0.15, 0.2) is 0 Å². The molecule has 0 saturated carbocycles. The van der Waals surface area contributed by atoms with E-state index in [0.29, 0.717) is 0 Å². The smallest absolute Gasteiger partial charge is 0.316 e. The van der Waals surface area contributed by atoms with Crippen molar-refractivity contribution in [2.24, 2.45) is 11.5 Å². The van der Waals surface area contributed by atoms with Gasteiger partial charge in [0.1, 0.15) is 0 Å². The van der Waals surface area contributed by atoms with Crippen LogP contribution in [0.1, 0.15) is 19.8 Å². The Hall–Kier alpha value is 0.0300. The number of nitrogens with two attached hydrogens (primary N) is 2.